The summed E-state index contributed by atoms with van der Waals surface area (Å²) < 4.78 is 36.2. The van der Waals surface area contributed by atoms with Crippen molar-refractivity contribution in [2.45, 2.75) is 31.1 Å². The van der Waals surface area contributed by atoms with E-state index < -0.39 is 22.2 Å². The minimum absolute atomic E-state index is 0.300. The summed E-state index contributed by atoms with van der Waals surface area (Å²) in [5.41, 5.74) is 0. The molecule has 0 spiro atoms. The third kappa shape index (κ3) is 5.43. The Balaban J connectivity index is 2.46. The van der Waals surface area contributed by atoms with Crippen molar-refractivity contribution < 1.29 is 17.2 Å². The molecule has 1 aromatic rings. The van der Waals surface area contributed by atoms with Crippen LogP contribution in [0, 0.1) is 0 Å². The van der Waals surface area contributed by atoms with E-state index in [4.69, 9.17) is 8.74 Å². The zero-order chi connectivity index (χ0) is 12.7. The maximum atomic E-state index is 11.5. The number of unbranched alkanes of at least 4 members (excludes halogenated alkanes) is 2. The van der Waals surface area contributed by atoms with Gasteiger partial charge in [-0.15, -0.1) is 0 Å². The molecule has 0 fully saturated rings. The molecule has 1 aromatic carbocycles. The minimum Gasteiger partial charge on any atom is -0.401 e. The average Bonchev–Trinajstić information content (AvgIpc) is 2.30. The van der Waals surface area contributed by atoms with Crippen molar-refractivity contribution in [1.29, 1.82) is 0 Å². The quantitative estimate of drug-likeness (QED) is 0.614. The summed E-state index contributed by atoms with van der Waals surface area (Å²) in [5.74, 6) is 0.968. The Hall–Kier alpha value is -0.720. The van der Waals surface area contributed by atoms with Crippen molar-refractivity contribution >= 4 is 22.2 Å². The van der Waals surface area contributed by atoms with Gasteiger partial charge in [0.25, 0.3) is 0 Å². The second-order valence-electron chi connectivity index (χ2n) is 3.52. The summed E-state index contributed by atoms with van der Waals surface area (Å²) in [6, 6.07) is 6.05. The molecule has 0 amide bonds. The normalized spacial score (nSPS) is 14.2. The van der Waals surface area contributed by atoms with E-state index in [0.717, 1.165) is 19.3 Å². The van der Waals surface area contributed by atoms with Gasteiger partial charge in [-0.1, -0.05) is 19.8 Å². The Morgan fingerprint density at radius 2 is 1.82 bits per heavy atom. The maximum absolute atomic E-state index is 11.5. The molecular formula is C11H16O4S2. The third-order valence-electron chi connectivity index (χ3n) is 2.13. The van der Waals surface area contributed by atoms with Gasteiger partial charge in [0, 0.05) is 0 Å². The van der Waals surface area contributed by atoms with Gasteiger partial charge >= 0.3 is 0 Å². The van der Waals surface area contributed by atoms with Crippen LogP contribution in [0.1, 0.15) is 26.2 Å². The molecule has 17 heavy (non-hydrogen) atoms. The fourth-order valence-corrected chi connectivity index (χ4v) is 2.45. The van der Waals surface area contributed by atoms with Crippen molar-refractivity contribution in [3.63, 3.8) is 0 Å². The van der Waals surface area contributed by atoms with Crippen LogP contribution in [0.5, 0.6) is 5.75 Å². The van der Waals surface area contributed by atoms with Crippen LogP contribution >= 0.6 is 0 Å². The molecule has 0 heterocycles. The van der Waals surface area contributed by atoms with Crippen molar-refractivity contribution in [3.8, 4) is 5.75 Å². The molecule has 1 rings (SSSR count). The molecule has 0 radical (unpaired) electrons. The van der Waals surface area contributed by atoms with E-state index >= 15 is 0 Å². The number of hydrogen-bond donors (Lipinski definition) is 1. The van der Waals surface area contributed by atoms with Crippen molar-refractivity contribution in [2.24, 2.45) is 0 Å². The van der Waals surface area contributed by atoms with E-state index in [1.54, 1.807) is 12.1 Å². The summed E-state index contributed by atoms with van der Waals surface area (Å²) in [7, 11) is 0. The average molecular weight is 276 g/mol. The predicted molar refractivity (Wildman–Crippen MR) is 68.6 cm³/mol. The van der Waals surface area contributed by atoms with Gasteiger partial charge in [0.2, 0.25) is 11.1 Å². The van der Waals surface area contributed by atoms with Gasteiger partial charge in [0.1, 0.15) is 5.75 Å². The lowest BCUT2D eigenvalue weighted by atomic mass is 10.3. The molecule has 0 saturated carbocycles. The van der Waals surface area contributed by atoms with E-state index in [2.05, 4.69) is 6.92 Å². The molecule has 1 N–H and O–H groups in total. The van der Waals surface area contributed by atoms with E-state index in [9.17, 15) is 8.42 Å². The second kappa shape index (κ2) is 7.58. The summed E-state index contributed by atoms with van der Waals surface area (Å²) >= 11 is -3.32. The Bertz CT molecular complexity index is 389. The summed E-state index contributed by atoms with van der Waals surface area (Å²) in [6.07, 6.45) is 2.99. The third-order valence-corrected chi connectivity index (χ3v) is 3.80. The van der Waals surface area contributed by atoms with Gasteiger partial charge in [-0.05, 0) is 30.7 Å². The fourth-order valence-electron chi connectivity index (χ4n) is 1.23. The molecule has 0 aliphatic rings. The highest BCUT2D eigenvalue weighted by atomic mass is 32.2. The van der Waals surface area contributed by atoms with Crippen LogP contribution < -0.4 is 4.18 Å². The van der Waals surface area contributed by atoms with E-state index in [0.29, 0.717) is 16.4 Å². The summed E-state index contributed by atoms with van der Waals surface area (Å²) in [6.45, 7) is 2.08. The van der Waals surface area contributed by atoms with Gasteiger partial charge in [0.05, 0.1) is 10.6 Å². The van der Waals surface area contributed by atoms with Crippen LogP contribution in [0.2, 0.25) is 0 Å². The van der Waals surface area contributed by atoms with Gasteiger partial charge in [-0.2, -0.15) is 0 Å². The standard InChI is InChI=1S/C11H16O4S2/c1-2-3-4-9-16(12)15-10-5-7-11(8-6-10)17(13)14/h5-8H,2-4,9H2,1H3,(H,13,14). The molecule has 2 unspecified atom stereocenters. The fraction of sp³-hybridized carbons (Fsp3) is 0.455. The lowest BCUT2D eigenvalue weighted by Crippen LogP contribution is -2.05. The lowest BCUT2D eigenvalue weighted by molar-refractivity contribution is 0.556. The Morgan fingerprint density at radius 1 is 1.18 bits per heavy atom. The van der Waals surface area contributed by atoms with Crippen molar-refractivity contribution in [2.75, 3.05) is 5.75 Å². The molecule has 96 valence electrons. The lowest BCUT2D eigenvalue weighted by Gasteiger charge is -2.04. The van der Waals surface area contributed by atoms with Crippen LogP contribution in [-0.2, 0) is 22.2 Å². The maximum Gasteiger partial charge on any atom is 0.206 e. The summed E-state index contributed by atoms with van der Waals surface area (Å²) in [5, 5.41) is 0. The molecule has 0 bridgehead atoms. The van der Waals surface area contributed by atoms with Crippen molar-refractivity contribution in [3.05, 3.63) is 24.3 Å². The molecule has 0 aliphatic heterocycles. The predicted octanol–water partition coefficient (Wildman–Crippen LogP) is 2.50. The van der Waals surface area contributed by atoms with Crippen LogP contribution in [0.4, 0.5) is 0 Å². The topological polar surface area (TPSA) is 63.6 Å². The van der Waals surface area contributed by atoms with Crippen LogP contribution in [0.15, 0.2) is 29.2 Å². The molecular weight excluding hydrogens is 260 g/mol. The van der Waals surface area contributed by atoms with E-state index in [1.807, 2.05) is 0 Å². The molecule has 4 nitrogen and oxygen atoms in total. The SMILES string of the molecule is CCCCCS(=O)Oc1ccc(S(=O)O)cc1. The first-order chi connectivity index (χ1) is 8.13. The Labute approximate surface area is 106 Å². The summed E-state index contributed by atoms with van der Waals surface area (Å²) in [4.78, 5) is 0.300. The Morgan fingerprint density at radius 3 is 2.35 bits per heavy atom. The van der Waals surface area contributed by atoms with E-state index in [-0.39, 0.29) is 0 Å². The van der Waals surface area contributed by atoms with Crippen LogP contribution in [-0.4, -0.2) is 18.7 Å². The monoisotopic (exact) mass is 276 g/mol. The van der Waals surface area contributed by atoms with Gasteiger partial charge in [0.15, 0.2) is 11.1 Å². The molecule has 0 saturated heterocycles. The van der Waals surface area contributed by atoms with Crippen molar-refractivity contribution in [1.82, 2.24) is 0 Å². The largest absolute Gasteiger partial charge is 0.401 e. The Kier molecular flexibility index (Phi) is 6.39. The van der Waals surface area contributed by atoms with Gasteiger partial charge in [-0.3, -0.25) is 0 Å². The minimum atomic E-state index is -1.99. The smallest absolute Gasteiger partial charge is 0.206 e. The highest BCUT2D eigenvalue weighted by molar-refractivity contribution is 7.80. The number of benzene rings is 1. The van der Waals surface area contributed by atoms with Crippen LogP contribution in [0.3, 0.4) is 0 Å². The first kappa shape index (κ1) is 14.3. The zero-order valence-electron chi connectivity index (χ0n) is 9.63. The number of rotatable bonds is 7. The van der Waals surface area contributed by atoms with E-state index in [1.165, 1.54) is 12.1 Å². The van der Waals surface area contributed by atoms with Crippen LogP contribution in [0.25, 0.3) is 0 Å². The highest BCUT2D eigenvalue weighted by Gasteiger charge is 2.04. The first-order valence-electron chi connectivity index (χ1n) is 5.41. The van der Waals surface area contributed by atoms with Gasteiger partial charge < -0.3 is 8.74 Å². The molecule has 0 aromatic heterocycles. The first-order valence-corrected chi connectivity index (χ1v) is 7.76. The highest BCUT2D eigenvalue weighted by Crippen LogP contribution is 2.15. The second-order valence-corrected chi connectivity index (χ2v) is 5.67. The molecule has 0 aliphatic carbocycles. The molecule has 6 heteroatoms. The van der Waals surface area contributed by atoms with Gasteiger partial charge in [-0.25, -0.2) is 8.42 Å². The molecule has 2 atom stereocenters. The zero-order valence-corrected chi connectivity index (χ0v) is 11.3. The number of hydrogen-bond acceptors (Lipinski definition) is 3.